The van der Waals surface area contributed by atoms with E-state index >= 15 is 0 Å². The van der Waals surface area contributed by atoms with Crippen molar-refractivity contribution in [3.63, 3.8) is 0 Å². The van der Waals surface area contributed by atoms with Crippen molar-refractivity contribution in [2.45, 2.75) is 24.8 Å². The highest BCUT2D eigenvalue weighted by Crippen LogP contribution is 2.23. The Bertz CT molecular complexity index is 1150. The van der Waals surface area contributed by atoms with Gasteiger partial charge >= 0.3 is 0 Å². The number of nitrogens with one attached hydrogen (secondary N) is 1. The molecule has 1 aliphatic heterocycles. The van der Waals surface area contributed by atoms with Crippen LogP contribution in [0, 0.1) is 6.92 Å². The van der Waals surface area contributed by atoms with Crippen LogP contribution in [0.25, 0.3) is 0 Å². The van der Waals surface area contributed by atoms with Crippen molar-refractivity contribution in [1.82, 2.24) is 24.0 Å². The van der Waals surface area contributed by atoms with E-state index in [1.54, 1.807) is 6.92 Å². The molecule has 0 aliphatic carbocycles. The number of hydrogen-bond donors (Lipinski definition) is 1. The molecule has 1 saturated heterocycles. The number of amides is 1. The Hall–Kier alpha value is -2.05. The lowest BCUT2D eigenvalue weighted by atomic mass is 10.3. The van der Waals surface area contributed by atoms with Gasteiger partial charge in [-0.05, 0) is 33.0 Å². The van der Waals surface area contributed by atoms with Crippen molar-refractivity contribution >= 4 is 44.8 Å². The second-order valence-corrected chi connectivity index (χ2v) is 9.88. The van der Waals surface area contributed by atoms with Gasteiger partial charge in [-0.1, -0.05) is 23.2 Å². The molecular weight excluding hydrogens is 467 g/mol. The summed E-state index contributed by atoms with van der Waals surface area (Å²) in [6, 6.07) is 1.37. The van der Waals surface area contributed by atoms with Gasteiger partial charge < -0.3 is 10.2 Å². The average molecular weight is 489 g/mol. The molecule has 0 spiro atoms. The van der Waals surface area contributed by atoms with Crippen LogP contribution in [0.3, 0.4) is 0 Å². The van der Waals surface area contributed by atoms with Crippen molar-refractivity contribution in [2.75, 3.05) is 38.5 Å². The van der Waals surface area contributed by atoms with Gasteiger partial charge in [-0.3, -0.25) is 14.6 Å². The molecule has 0 radical (unpaired) electrons. The number of pyridine rings is 1. The van der Waals surface area contributed by atoms with E-state index in [1.807, 2.05) is 7.05 Å². The van der Waals surface area contributed by atoms with E-state index in [4.69, 9.17) is 23.2 Å². The smallest absolute Gasteiger partial charge is 0.287 e. The van der Waals surface area contributed by atoms with E-state index in [-0.39, 0.29) is 20.6 Å². The van der Waals surface area contributed by atoms with Crippen LogP contribution in [0.5, 0.6) is 0 Å². The maximum absolute atomic E-state index is 13.2. The number of aryl methyl sites for hydroxylation is 1. The molecule has 31 heavy (non-hydrogen) atoms. The molecule has 0 atom stereocenters. The molecule has 0 saturated carbocycles. The zero-order valence-electron chi connectivity index (χ0n) is 17.0. The Balaban J connectivity index is 1.80. The first-order chi connectivity index (χ1) is 14.6. The van der Waals surface area contributed by atoms with Crippen LogP contribution in [-0.4, -0.2) is 71.5 Å². The number of hydrogen-bond acceptors (Lipinski definition) is 7. The highest BCUT2D eigenvalue weighted by Gasteiger charge is 2.28. The molecule has 0 aromatic carbocycles. The molecule has 13 heteroatoms. The molecule has 3 rings (SSSR count). The van der Waals surface area contributed by atoms with Crippen LogP contribution in [0.4, 0.5) is 5.69 Å². The summed E-state index contributed by atoms with van der Waals surface area (Å²) < 4.78 is 28.7. The maximum atomic E-state index is 13.2. The highest BCUT2D eigenvalue weighted by atomic mass is 35.5. The zero-order valence-corrected chi connectivity index (χ0v) is 19.3. The van der Waals surface area contributed by atoms with Gasteiger partial charge in [0.15, 0.2) is 0 Å². The normalized spacial score (nSPS) is 16.1. The number of carbonyl (C=O) groups is 1. The monoisotopic (exact) mass is 488 g/mol. The summed E-state index contributed by atoms with van der Waals surface area (Å²) in [6.07, 6.45) is 3.24. The van der Waals surface area contributed by atoms with E-state index in [0.29, 0.717) is 25.3 Å². The molecule has 0 bridgehead atoms. The van der Waals surface area contributed by atoms with Crippen LogP contribution < -0.4 is 10.9 Å². The molecule has 1 N–H and O–H groups in total. The summed E-state index contributed by atoms with van der Waals surface area (Å²) in [5, 5.41) is 6.07. The van der Waals surface area contributed by atoms with Gasteiger partial charge in [0.05, 0.1) is 28.8 Å². The number of carbonyl (C=O) groups excluding carboxylic acids is 1. The van der Waals surface area contributed by atoms with Gasteiger partial charge in [-0.2, -0.15) is 9.40 Å². The standard InChI is InChI=1S/C18H22Cl2N6O4S/c1-12-15(31(29,30)25-5-3-4-24(2)6-7-25)8-13(9-21-12)23-16(27)11-26-18(28)17(20)14(19)10-22-26/h8-10H,3-7,11H2,1-2H3,(H,23,27). The van der Waals surface area contributed by atoms with Crippen LogP contribution in [-0.2, 0) is 21.4 Å². The lowest BCUT2D eigenvalue weighted by Gasteiger charge is -2.21. The Morgan fingerprint density at radius 3 is 2.68 bits per heavy atom. The van der Waals surface area contributed by atoms with Crippen molar-refractivity contribution < 1.29 is 13.2 Å². The molecule has 1 amide bonds. The molecule has 168 valence electrons. The highest BCUT2D eigenvalue weighted by molar-refractivity contribution is 7.89. The first-order valence-corrected chi connectivity index (χ1v) is 11.7. The number of likely N-dealkylation sites (N-methyl/N-ethyl adjacent to an activating group) is 1. The summed E-state index contributed by atoms with van der Waals surface area (Å²) in [5.41, 5.74) is -0.187. The van der Waals surface area contributed by atoms with Crippen LogP contribution in [0.1, 0.15) is 12.1 Å². The van der Waals surface area contributed by atoms with E-state index in [1.165, 1.54) is 16.6 Å². The van der Waals surface area contributed by atoms with E-state index < -0.39 is 28.0 Å². The molecule has 1 fully saturated rings. The Morgan fingerprint density at radius 1 is 1.19 bits per heavy atom. The number of halogens is 2. The molecule has 1 aliphatic rings. The van der Waals surface area contributed by atoms with Crippen LogP contribution in [0.2, 0.25) is 10.0 Å². The third-order valence-corrected chi connectivity index (χ3v) is 7.62. The summed E-state index contributed by atoms with van der Waals surface area (Å²) in [6.45, 7) is 3.41. The van der Waals surface area contributed by atoms with Crippen LogP contribution in [0.15, 0.2) is 28.2 Å². The summed E-state index contributed by atoms with van der Waals surface area (Å²) in [5.74, 6) is -0.599. The minimum atomic E-state index is -3.78. The summed E-state index contributed by atoms with van der Waals surface area (Å²) in [4.78, 5) is 30.7. The second-order valence-electron chi connectivity index (χ2n) is 7.19. The van der Waals surface area contributed by atoms with Gasteiger partial charge in [-0.25, -0.2) is 13.1 Å². The third kappa shape index (κ3) is 5.42. The first kappa shape index (κ1) is 23.6. The van der Waals surface area contributed by atoms with Gasteiger partial charge in [-0.15, -0.1) is 0 Å². The molecule has 3 heterocycles. The van der Waals surface area contributed by atoms with Gasteiger partial charge in [0, 0.05) is 19.6 Å². The van der Waals surface area contributed by atoms with Crippen molar-refractivity contribution in [3.8, 4) is 0 Å². The minimum absolute atomic E-state index is 0.0133. The van der Waals surface area contributed by atoms with Gasteiger partial charge in [0.25, 0.3) is 5.56 Å². The van der Waals surface area contributed by atoms with E-state index in [9.17, 15) is 18.0 Å². The van der Waals surface area contributed by atoms with E-state index in [2.05, 4.69) is 20.3 Å². The SMILES string of the molecule is Cc1ncc(NC(=O)Cn2ncc(Cl)c(Cl)c2=O)cc1S(=O)(=O)N1CCCN(C)CC1. The number of anilines is 1. The van der Waals surface area contributed by atoms with Crippen molar-refractivity contribution in [2.24, 2.45) is 0 Å². The Kier molecular flexibility index (Phi) is 7.32. The minimum Gasteiger partial charge on any atom is -0.323 e. The molecular formula is C18H22Cl2N6O4S. The fourth-order valence-corrected chi connectivity index (χ4v) is 5.08. The topological polar surface area (TPSA) is 117 Å². The lowest BCUT2D eigenvalue weighted by Crippen LogP contribution is -2.35. The summed E-state index contributed by atoms with van der Waals surface area (Å²) in [7, 11) is -1.83. The fraction of sp³-hybridized carbons (Fsp3) is 0.444. The molecule has 2 aromatic heterocycles. The number of rotatable bonds is 5. The van der Waals surface area contributed by atoms with E-state index in [0.717, 1.165) is 23.8 Å². The Morgan fingerprint density at radius 2 is 1.94 bits per heavy atom. The lowest BCUT2D eigenvalue weighted by molar-refractivity contribution is -0.117. The molecule has 0 unspecified atom stereocenters. The molecule has 2 aromatic rings. The van der Waals surface area contributed by atoms with Crippen molar-refractivity contribution in [1.29, 1.82) is 0 Å². The average Bonchev–Trinajstić information content (AvgIpc) is 2.95. The largest absolute Gasteiger partial charge is 0.323 e. The number of aromatic nitrogens is 3. The molecule has 10 nitrogen and oxygen atoms in total. The maximum Gasteiger partial charge on any atom is 0.287 e. The third-order valence-electron chi connectivity index (χ3n) is 4.86. The van der Waals surface area contributed by atoms with Crippen LogP contribution >= 0.6 is 23.2 Å². The van der Waals surface area contributed by atoms with Gasteiger partial charge in [0.2, 0.25) is 15.9 Å². The summed E-state index contributed by atoms with van der Waals surface area (Å²) >= 11 is 11.5. The quantitative estimate of drug-likeness (QED) is 0.671. The first-order valence-electron chi connectivity index (χ1n) is 9.46. The van der Waals surface area contributed by atoms with Gasteiger partial charge in [0.1, 0.15) is 16.5 Å². The zero-order chi connectivity index (χ0) is 22.8. The predicted molar refractivity (Wildman–Crippen MR) is 117 cm³/mol. The predicted octanol–water partition coefficient (Wildman–Crippen LogP) is 1.22. The number of nitrogens with zero attached hydrogens (tertiary/aromatic N) is 5. The fourth-order valence-electron chi connectivity index (χ4n) is 3.14. The number of sulfonamides is 1. The second kappa shape index (κ2) is 9.61. The van der Waals surface area contributed by atoms with Crippen molar-refractivity contribution in [3.05, 3.63) is 44.6 Å². The Labute approximate surface area is 189 Å².